The summed E-state index contributed by atoms with van der Waals surface area (Å²) in [6.45, 7) is 0. The molecule has 1 aromatic carbocycles. The zero-order chi connectivity index (χ0) is 14.3. The van der Waals surface area contributed by atoms with Crippen LogP contribution in [0.1, 0.15) is 20.7 Å². The number of halogens is 1. The van der Waals surface area contributed by atoms with Gasteiger partial charge in [-0.3, -0.25) is 14.5 Å². The van der Waals surface area contributed by atoms with Crippen LogP contribution in [0.25, 0.3) is 0 Å². The first-order valence-corrected chi connectivity index (χ1v) is 6.56. The van der Waals surface area contributed by atoms with Gasteiger partial charge in [0.05, 0.1) is 11.1 Å². The van der Waals surface area contributed by atoms with Crippen LogP contribution in [0, 0.1) is 0 Å². The molecule has 1 aliphatic heterocycles. The summed E-state index contributed by atoms with van der Waals surface area (Å²) >= 11 is 3.25. The summed E-state index contributed by atoms with van der Waals surface area (Å²) in [5.41, 5.74) is 1.51. The largest absolute Gasteiger partial charge is 0.340 e. The lowest BCUT2D eigenvalue weighted by Crippen LogP contribution is -2.24. The van der Waals surface area contributed by atoms with Crippen molar-refractivity contribution in [1.29, 1.82) is 0 Å². The van der Waals surface area contributed by atoms with Crippen LogP contribution in [-0.4, -0.2) is 33.7 Å². The maximum Gasteiger partial charge on any atom is 0.261 e. The molecule has 0 atom stereocenters. The van der Waals surface area contributed by atoms with E-state index in [0.717, 1.165) is 4.90 Å². The summed E-state index contributed by atoms with van der Waals surface area (Å²) < 4.78 is 0.655. The number of anilines is 2. The predicted molar refractivity (Wildman–Crippen MR) is 75.9 cm³/mol. The fourth-order valence-electron chi connectivity index (χ4n) is 1.99. The third-order valence-electron chi connectivity index (χ3n) is 3.00. The van der Waals surface area contributed by atoms with Gasteiger partial charge in [0.2, 0.25) is 0 Å². The van der Waals surface area contributed by atoms with Crippen LogP contribution in [0.4, 0.5) is 11.5 Å². The number of amides is 2. The van der Waals surface area contributed by atoms with Crippen molar-refractivity contribution in [2.75, 3.05) is 12.4 Å². The SMILES string of the molecule is CN1C(=O)c2ccc(Nc3cc(Br)ncn3)cc2C1=O. The van der Waals surface area contributed by atoms with Crippen molar-refractivity contribution >= 4 is 39.2 Å². The highest BCUT2D eigenvalue weighted by Crippen LogP contribution is 2.26. The lowest BCUT2D eigenvalue weighted by molar-refractivity contribution is 0.0693. The maximum atomic E-state index is 11.9. The number of nitrogens with one attached hydrogen (secondary N) is 1. The molecule has 2 aromatic rings. The molecule has 2 heterocycles. The molecule has 3 rings (SSSR count). The Morgan fingerprint density at radius 3 is 2.60 bits per heavy atom. The third-order valence-corrected chi connectivity index (χ3v) is 3.43. The number of imide groups is 1. The van der Waals surface area contributed by atoms with Gasteiger partial charge in [0, 0.05) is 18.8 Å². The molecular weight excluding hydrogens is 324 g/mol. The Morgan fingerprint density at radius 2 is 1.85 bits per heavy atom. The van der Waals surface area contributed by atoms with Crippen LogP contribution < -0.4 is 5.32 Å². The van der Waals surface area contributed by atoms with Crippen molar-refractivity contribution in [3.8, 4) is 0 Å². The molecule has 1 aliphatic rings. The van der Waals surface area contributed by atoms with Crippen LogP contribution in [-0.2, 0) is 0 Å². The molecule has 0 bridgehead atoms. The first kappa shape index (κ1) is 12.7. The topological polar surface area (TPSA) is 75.2 Å². The molecule has 1 aromatic heterocycles. The van der Waals surface area contributed by atoms with Crippen LogP contribution in [0.5, 0.6) is 0 Å². The summed E-state index contributed by atoms with van der Waals surface area (Å²) in [5, 5.41) is 3.06. The fourth-order valence-corrected chi connectivity index (χ4v) is 2.30. The lowest BCUT2D eigenvalue weighted by Gasteiger charge is -2.06. The minimum Gasteiger partial charge on any atom is -0.340 e. The van der Waals surface area contributed by atoms with Crippen molar-refractivity contribution in [3.63, 3.8) is 0 Å². The molecule has 0 radical (unpaired) electrons. The summed E-state index contributed by atoms with van der Waals surface area (Å²) in [6, 6.07) is 6.73. The number of nitrogens with zero attached hydrogens (tertiary/aromatic N) is 3. The number of rotatable bonds is 2. The Morgan fingerprint density at radius 1 is 1.10 bits per heavy atom. The number of hydrogen-bond donors (Lipinski definition) is 1. The van der Waals surface area contributed by atoms with E-state index in [1.807, 2.05) is 0 Å². The Labute approximate surface area is 123 Å². The van der Waals surface area contributed by atoms with Crippen molar-refractivity contribution in [2.45, 2.75) is 0 Å². The molecule has 0 spiro atoms. The van der Waals surface area contributed by atoms with E-state index in [1.165, 1.54) is 13.4 Å². The second kappa shape index (κ2) is 4.68. The first-order valence-electron chi connectivity index (χ1n) is 5.77. The van der Waals surface area contributed by atoms with E-state index in [9.17, 15) is 9.59 Å². The molecule has 20 heavy (non-hydrogen) atoms. The maximum absolute atomic E-state index is 11.9. The number of carbonyl (C=O) groups excluding carboxylic acids is 2. The first-order chi connectivity index (χ1) is 9.56. The second-order valence-corrected chi connectivity index (χ2v) is 5.09. The van der Waals surface area contributed by atoms with Gasteiger partial charge in [-0.1, -0.05) is 0 Å². The smallest absolute Gasteiger partial charge is 0.261 e. The zero-order valence-corrected chi connectivity index (χ0v) is 12.0. The van der Waals surface area contributed by atoms with Crippen LogP contribution in [0.15, 0.2) is 35.2 Å². The van der Waals surface area contributed by atoms with Gasteiger partial charge in [0.25, 0.3) is 11.8 Å². The number of carbonyl (C=O) groups is 2. The number of fused-ring (bicyclic) bond motifs is 1. The second-order valence-electron chi connectivity index (χ2n) is 4.28. The standard InChI is InChI=1S/C13H9BrN4O2/c1-18-12(19)8-3-2-7(4-9(8)13(18)20)17-11-5-10(14)15-6-16-11/h2-6H,1H3,(H,15,16,17). The number of aromatic nitrogens is 2. The molecule has 6 nitrogen and oxygen atoms in total. The van der Waals surface area contributed by atoms with Gasteiger partial charge in [0.1, 0.15) is 16.7 Å². The van der Waals surface area contributed by atoms with Gasteiger partial charge in [-0.05, 0) is 34.1 Å². The highest BCUT2D eigenvalue weighted by Gasteiger charge is 2.32. The minimum absolute atomic E-state index is 0.277. The molecule has 2 amide bonds. The van der Waals surface area contributed by atoms with Crippen LogP contribution >= 0.6 is 15.9 Å². The van der Waals surface area contributed by atoms with E-state index >= 15 is 0 Å². The van der Waals surface area contributed by atoms with Gasteiger partial charge in [-0.2, -0.15) is 0 Å². The number of hydrogen-bond acceptors (Lipinski definition) is 5. The molecule has 100 valence electrons. The highest BCUT2D eigenvalue weighted by atomic mass is 79.9. The van der Waals surface area contributed by atoms with Crippen LogP contribution in [0.2, 0.25) is 0 Å². The number of benzene rings is 1. The molecular formula is C13H9BrN4O2. The van der Waals surface area contributed by atoms with E-state index in [4.69, 9.17) is 0 Å². The average molecular weight is 333 g/mol. The zero-order valence-electron chi connectivity index (χ0n) is 10.4. The van der Waals surface area contributed by atoms with Crippen molar-refractivity contribution in [3.05, 3.63) is 46.3 Å². The average Bonchev–Trinajstić information content (AvgIpc) is 2.64. The molecule has 0 saturated carbocycles. The van der Waals surface area contributed by atoms with Gasteiger partial charge in [-0.25, -0.2) is 9.97 Å². The van der Waals surface area contributed by atoms with E-state index < -0.39 is 0 Å². The molecule has 1 N–H and O–H groups in total. The molecule has 0 fully saturated rings. The summed E-state index contributed by atoms with van der Waals surface area (Å²) in [6.07, 6.45) is 1.42. The highest BCUT2D eigenvalue weighted by molar-refractivity contribution is 9.10. The van der Waals surface area contributed by atoms with Gasteiger partial charge >= 0.3 is 0 Å². The minimum atomic E-state index is -0.294. The quantitative estimate of drug-likeness (QED) is 0.674. The van der Waals surface area contributed by atoms with E-state index in [-0.39, 0.29) is 11.8 Å². The fraction of sp³-hybridized carbons (Fsp3) is 0.0769. The predicted octanol–water partition coefficient (Wildman–Crippen LogP) is 2.21. The molecule has 0 saturated heterocycles. The Balaban J connectivity index is 1.95. The van der Waals surface area contributed by atoms with Crippen LogP contribution in [0.3, 0.4) is 0 Å². The van der Waals surface area contributed by atoms with Gasteiger partial charge < -0.3 is 5.32 Å². The summed E-state index contributed by atoms with van der Waals surface area (Å²) in [7, 11) is 1.47. The molecule has 7 heteroatoms. The molecule has 0 unspecified atom stereocenters. The van der Waals surface area contributed by atoms with E-state index in [2.05, 4.69) is 31.2 Å². The Kier molecular flexibility index (Phi) is 2.98. The third kappa shape index (κ3) is 2.05. The Hall–Kier alpha value is -2.28. The molecule has 0 aliphatic carbocycles. The summed E-state index contributed by atoms with van der Waals surface area (Å²) in [4.78, 5) is 32.8. The van der Waals surface area contributed by atoms with E-state index in [0.29, 0.717) is 27.2 Å². The summed E-state index contributed by atoms with van der Waals surface area (Å²) in [5.74, 6) is 0.0239. The van der Waals surface area contributed by atoms with Gasteiger partial charge in [-0.15, -0.1) is 0 Å². The van der Waals surface area contributed by atoms with Crippen molar-refractivity contribution in [2.24, 2.45) is 0 Å². The van der Waals surface area contributed by atoms with E-state index in [1.54, 1.807) is 24.3 Å². The Bertz CT molecular complexity index is 732. The lowest BCUT2D eigenvalue weighted by atomic mass is 10.1. The van der Waals surface area contributed by atoms with Crippen molar-refractivity contribution < 1.29 is 9.59 Å². The van der Waals surface area contributed by atoms with Gasteiger partial charge in [0.15, 0.2) is 0 Å². The normalized spacial score (nSPS) is 13.6. The monoisotopic (exact) mass is 332 g/mol. The van der Waals surface area contributed by atoms with Crippen molar-refractivity contribution in [1.82, 2.24) is 14.9 Å².